The van der Waals surface area contributed by atoms with Crippen LogP contribution in [-0.4, -0.2) is 12.1 Å². The fraction of sp³-hybridized carbons (Fsp3) is 0.0833. The van der Waals surface area contributed by atoms with Crippen LogP contribution in [-0.2, 0) is 6.54 Å². The maximum Gasteiger partial charge on any atom is 0.160 e. The maximum atomic E-state index is 13.5. The minimum Gasteiger partial charge on any atom is -0.495 e. The second-order valence-electron chi connectivity index (χ2n) is 6.65. The Hall–Kier alpha value is -3.78. The number of methoxy groups -OCH3 is 1. The predicted molar refractivity (Wildman–Crippen MR) is 112 cm³/mol. The molecule has 3 nitrogen and oxygen atoms in total. The summed E-state index contributed by atoms with van der Waals surface area (Å²) in [7, 11) is 1.61. The Morgan fingerprint density at radius 3 is 2.48 bits per heavy atom. The molecule has 0 radical (unpaired) electrons. The zero-order valence-electron chi connectivity index (χ0n) is 15.7. The highest BCUT2D eigenvalue weighted by molar-refractivity contribution is 5.86. The Balaban J connectivity index is 1.63. The number of aromatic nitrogens is 1. The molecule has 0 unspecified atom stereocenters. The highest BCUT2D eigenvalue weighted by Gasteiger charge is 2.11. The Bertz CT molecular complexity index is 1180. The fourth-order valence-corrected chi connectivity index (χ4v) is 3.21. The van der Waals surface area contributed by atoms with E-state index < -0.39 is 11.6 Å². The van der Waals surface area contributed by atoms with Gasteiger partial charge < -0.3 is 15.0 Å². The summed E-state index contributed by atoms with van der Waals surface area (Å²) >= 11 is 0. The number of nitrogens with one attached hydrogen (secondary N) is 2. The van der Waals surface area contributed by atoms with Crippen LogP contribution in [0.1, 0.15) is 11.1 Å². The van der Waals surface area contributed by atoms with Gasteiger partial charge in [-0.3, -0.25) is 0 Å². The lowest BCUT2D eigenvalue weighted by atomic mass is 10.1. The molecule has 4 aromatic rings. The van der Waals surface area contributed by atoms with Crippen molar-refractivity contribution in [2.45, 2.75) is 6.54 Å². The molecule has 144 valence electrons. The van der Waals surface area contributed by atoms with Crippen LogP contribution in [0.2, 0.25) is 0 Å². The standard InChI is InChI=1S/C24H18F2N2O/c1-3-15-4-6-16(7-5-15)14-27-23-11-17(8-9-24(23)29-2)21-12-18-10-19(25)20(26)13-22(18)28-21/h1,4-13,27-28H,14H2,2H3. The van der Waals surface area contributed by atoms with Crippen LogP contribution in [0.25, 0.3) is 22.2 Å². The van der Waals surface area contributed by atoms with Crippen LogP contribution in [0.3, 0.4) is 0 Å². The van der Waals surface area contributed by atoms with Gasteiger partial charge in [0.2, 0.25) is 0 Å². The molecule has 5 heteroatoms. The van der Waals surface area contributed by atoms with Crippen LogP contribution in [0, 0.1) is 24.0 Å². The lowest BCUT2D eigenvalue weighted by Gasteiger charge is -2.13. The van der Waals surface area contributed by atoms with E-state index in [0.717, 1.165) is 34.1 Å². The smallest absolute Gasteiger partial charge is 0.160 e. The largest absolute Gasteiger partial charge is 0.495 e. The number of hydrogen-bond donors (Lipinski definition) is 2. The van der Waals surface area contributed by atoms with Crippen molar-refractivity contribution in [3.05, 3.63) is 83.4 Å². The SMILES string of the molecule is C#Cc1ccc(CNc2cc(-c3cc4cc(F)c(F)cc4[nH]3)ccc2OC)cc1. The number of anilines is 1. The monoisotopic (exact) mass is 388 g/mol. The number of aromatic amines is 1. The van der Waals surface area contributed by atoms with Crippen molar-refractivity contribution in [2.24, 2.45) is 0 Å². The van der Waals surface area contributed by atoms with Crippen molar-refractivity contribution in [3.63, 3.8) is 0 Å². The lowest BCUT2D eigenvalue weighted by molar-refractivity contribution is 0.416. The molecule has 0 aliphatic heterocycles. The molecule has 0 atom stereocenters. The van der Waals surface area contributed by atoms with E-state index >= 15 is 0 Å². The van der Waals surface area contributed by atoms with Crippen molar-refractivity contribution in [3.8, 4) is 29.4 Å². The van der Waals surface area contributed by atoms with E-state index in [2.05, 4.69) is 16.2 Å². The summed E-state index contributed by atoms with van der Waals surface area (Å²) in [4.78, 5) is 3.14. The zero-order chi connectivity index (χ0) is 20.4. The summed E-state index contributed by atoms with van der Waals surface area (Å²) in [5, 5.41) is 3.98. The first-order chi connectivity index (χ1) is 14.1. The van der Waals surface area contributed by atoms with Gasteiger partial charge in [0.05, 0.1) is 12.8 Å². The third kappa shape index (κ3) is 3.78. The lowest BCUT2D eigenvalue weighted by Crippen LogP contribution is -2.01. The van der Waals surface area contributed by atoms with Gasteiger partial charge >= 0.3 is 0 Å². The van der Waals surface area contributed by atoms with Crippen LogP contribution >= 0.6 is 0 Å². The van der Waals surface area contributed by atoms with E-state index in [-0.39, 0.29) is 0 Å². The Morgan fingerprint density at radius 2 is 1.76 bits per heavy atom. The Morgan fingerprint density at radius 1 is 1.00 bits per heavy atom. The summed E-state index contributed by atoms with van der Waals surface area (Å²) in [6, 6.07) is 17.6. The van der Waals surface area contributed by atoms with Gasteiger partial charge in [-0.25, -0.2) is 8.78 Å². The molecule has 29 heavy (non-hydrogen) atoms. The molecule has 0 bridgehead atoms. The van der Waals surface area contributed by atoms with Crippen molar-refractivity contribution < 1.29 is 13.5 Å². The van der Waals surface area contributed by atoms with E-state index in [9.17, 15) is 8.78 Å². The molecule has 0 spiro atoms. The molecule has 0 amide bonds. The first-order valence-electron chi connectivity index (χ1n) is 9.03. The number of hydrogen-bond acceptors (Lipinski definition) is 2. The number of benzene rings is 3. The number of rotatable bonds is 5. The van der Waals surface area contributed by atoms with Gasteiger partial charge in [-0.1, -0.05) is 18.1 Å². The number of fused-ring (bicyclic) bond motifs is 1. The second kappa shape index (κ2) is 7.69. The van der Waals surface area contributed by atoms with Gasteiger partial charge in [-0.05, 0) is 48.0 Å². The van der Waals surface area contributed by atoms with E-state index in [1.165, 1.54) is 6.07 Å². The third-order valence-corrected chi connectivity index (χ3v) is 4.78. The van der Waals surface area contributed by atoms with Crippen molar-refractivity contribution in [1.29, 1.82) is 0 Å². The van der Waals surface area contributed by atoms with Crippen LogP contribution < -0.4 is 10.1 Å². The molecule has 1 heterocycles. The third-order valence-electron chi connectivity index (χ3n) is 4.78. The van der Waals surface area contributed by atoms with Gasteiger partial charge in [-0.2, -0.15) is 0 Å². The Kier molecular flexibility index (Phi) is 4.92. The van der Waals surface area contributed by atoms with Gasteiger partial charge in [0, 0.05) is 40.3 Å². The number of terminal acetylenes is 1. The molecule has 1 aromatic heterocycles. The highest BCUT2D eigenvalue weighted by atomic mass is 19.2. The fourth-order valence-electron chi connectivity index (χ4n) is 3.21. The summed E-state index contributed by atoms with van der Waals surface area (Å²) in [5.74, 6) is 1.55. The summed E-state index contributed by atoms with van der Waals surface area (Å²) < 4.78 is 32.5. The number of ether oxygens (including phenoxy) is 1. The van der Waals surface area contributed by atoms with E-state index in [1.807, 2.05) is 42.5 Å². The maximum absolute atomic E-state index is 13.5. The first-order valence-corrected chi connectivity index (χ1v) is 9.03. The van der Waals surface area contributed by atoms with Crippen LogP contribution in [0.5, 0.6) is 5.75 Å². The average Bonchev–Trinajstić information content (AvgIpc) is 3.15. The van der Waals surface area contributed by atoms with E-state index in [4.69, 9.17) is 11.2 Å². The molecule has 3 aromatic carbocycles. The minimum atomic E-state index is -0.876. The second-order valence-corrected chi connectivity index (χ2v) is 6.65. The molecule has 0 saturated heterocycles. The predicted octanol–water partition coefficient (Wildman–Crippen LogP) is 5.72. The van der Waals surface area contributed by atoms with Gasteiger partial charge in [-0.15, -0.1) is 6.42 Å². The normalized spacial score (nSPS) is 10.7. The van der Waals surface area contributed by atoms with E-state index in [1.54, 1.807) is 13.2 Å². The quantitative estimate of drug-likeness (QED) is 0.429. The average molecular weight is 388 g/mol. The minimum absolute atomic E-state index is 0.540. The van der Waals surface area contributed by atoms with Crippen LogP contribution in [0.15, 0.2) is 60.7 Å². The first kappa shape index (κ1) is 18.6. The van der Waals surface area contributed by atoms with Crippen molar-refractivity contribution in [2.75, 3.05) is 12.4 Å². The Labute approximate surface area is 167 Å². The summed E-state index contributed by atoms with van der Waals surface area (Å²) in [6.07, 6.45) is 5.39. The molecular formula is C24H18F2N2O. The summed E-state index contributed by atoms with van der Waals surface area (Å²) in [5.41, 5.74) is 4.88. The van der Waals surface area contributed by atoms with Gasteiger partial charge in [0.15, 0.2) is 11.6 Å². The molecule has 0 aliphatic carbocycles. The number of H-pyrrole nitrogens is 1. The van der Waals surface area contributed by atoms with Crippen molar-refractivity contribution in [1.82, 2.24) is 4.98 Å². The van der Waals surface area contributed by atoms with E-state index in [0.29, 0.717) is 23.2 Å². The van der Waals surface area contributed by atoms with Crippen LogP contribution in [0.4, 0.5) is 14.5 Å². The van der Waals surface area contributed by atoms with Gasteiger partial charge in [0.1, 0.15) is 5.75 Å². The molecule has 0 saturated carbocycles. The van der Waals surface area contributed by atoms with Gasteiger partial charge in [0.25, 0.3) is 0 Å². The molecule has 2 N–H and O–H groups in total. The van der Waals surface area contributed by atoms with Crippen molar-refractivity contribution >= 4 is 16.6 Å². The summed E-state index contributed by atoms with van der Waals surface area (Å²) in [6.45, 7) is 0.591. The zero-order valence-corrected chi connectivity index (χ0v) is 15.7. The molecule has 0 fully saturated rings. The topological polar surface area (TPSA) is 37.0 Å². The number of halogens is 2. The molecule has 0 aliphatic rings. The highest BCUT2D eigenvalue weighted by Crippen LogP contribution is 2.32. The molecular weight excluding hydrogens is 370 g/mol. The molecule has 4 rings (SSSR count).